The topological polar surface area (TPSA) is 142 Å². The number of nitrogens with one attached hydrogen (secondary N) is 3. The highest BCUT2D eigenvalue weighted by molar-refractivity contribution is 7.10. The summed E-state index contributed by atoms with van der Waals surface area (Å²) in [6.07, 6.45) is -0.505. The molecule has 1 saturated heterocycles. The molecule has 12 heteroatoms. The Morgan fingerprint density at radius 1 is 1.18 bits per heavy atom. The van der Waals surface area contributed by atoms with Crippen LogP contribution in [0.25, 0.3) is 21.9 Å². The van der Waals surface area contributed by atoms with Crippen molar-refractivity contribution < 1.29 is 27.6 Å². The number of hydrogen-bond acceptors (Lipinski definition) is 6. The Morgan fingerprint density at radius 3 is 2.65 bits per heavy atom. The van der Waals surface area contributed by atoms with Gasteiger partial charge in [0.1, 0.15) is 29.7 Å². The average Bonchev–Trinajstić information content (AvgIpc) is 3.67. The Bertz CT molecular complexity index is 1640. The lowest BCUT2D eigenvalue weighted by Crippen LogP contribution is -2.49. The van der Waals surface area contributed by atoms with Crippen molar-refractivity contribution in [3.8, 4) is 0 Å². The number of benzene rings is 2. The van der Waals surface area contributed by atoms with Gasteiger partial charge in [-0.1, -0.05) is 18.2 Å². The fourth-order valence-corrected chi connectivity index (χ4v) is 5.77. The number of furan rings is 1. The first-order valence-corrected chi connectivity index (χ1v) is 13.4. The summed E-state index contributed by atoms with van der Waals surface area (Å²) in [7, 11) is 0. The van der Waals surface area contributed by atoms with Crippen LogP contribution in [0.4, 0.5) is 8.78 Å². The van der Waals surface area contributed by atoms with Crippen molar-refractivity contribution in [2.75, 3.05) is 19.8 Å². The number of para-hydroxylation sites is 1. The number of amidine groups is 1. The maximum absolute atomic E-state index is 15.0. The molecule has 0 bridgehead atoms. The molecule has 3 atom stereocenters. The number of carbonyl (C=O) groups excluding carboxylic acids is 3. The van der Waals surface area contributed by atoms with Gasteiger partial charge in [-0.05, 0) is 37.3 Å². The normalized spacial score (nSPS) is 19.6. The maximum atomic E-state index is 15.0. The number of nitrogens with two attached hydrogens (primary N) is 1. The molecular formula is C28H27F2N5O4S. The molecule has 3 heterocycles. The molecule has 0 radical (unpaired) electrons. The van der Waals surface area contributed by atoms with E-state index >= 15 is 4.39 Å². The minimum Gasteiger partial charge on any atom is -0.456 e. The smallest absolute Gasteiger partial charge is 0.251 e. The van der Waals surface area contributed by atoms with E-state index in [1.165, 1.54) is 11.3 Å². The number of nitrogen functional groups attached to an aromatic ring is 1. The van der Waals surface area contributed by atoms with Gasteiger partial charge in [-0.2, -0.15) is 0 Å². The molecule has 0 spiro atoms. The van der Waals surface area contributed by atoms with Gasteiger partial charge in [0.15, 0.2) is 5.67 Å². The molecule has 5 N–H and O–H groups in total. The summed E-state index contributed by atoms with van der Waals surface area (Å²) >= 11 is 1.29. The molecule has 4 aromatic rings. The van der Waals surface area contributed by atoms with Crippen molar-refractivity contribution in [3.63, 3.8) is 0 Å². The van der Waals surface area contributed by atoms with Crippen molar-refractivity contribution in [2.45, 2.75) is 31.1 Å². The highest BCUT2D eigenvalue weighted by Gasteiger charge is 2.49. The second-order valence-corrected chi connectivity index (χ2v) is 10.8. The van der Waals surface area contributed by atoms with Crippen LogP contribution >= 0.6 is 11.3 Å². The third-order valence-corrected chi connectivity index (χ3v) is 8.12. The molecular weight excluding hydrogens is 540 g/mol. The number of hydrogen-bond donors (Lipinski definition) is 4. The minimum atomic E-state index is -2.37. The van der Waals surface area contributed by atoms with E-state index in [-0.39, 0.29) is 5.84 Å². The van der Waals surface area contributed by atoms with Crippen molar-refractivity contribution in [3.05, 3.63) is 69.9 Å². The van der Waals surface area contributed by atoms with Gasteiger partial charge < -0.3 is 25.7 Å². The van der Waals surface area contributed by atoms with Crippen LogP contribution in [-0.4, -0.2) is 59.9 Å². The van der Waals surface area contributed by atoms with Crippen molar-refractivity contribution >= 4 is 56.8 Å². The Hall–Kier alpha value is -4.32. The van der Waals surface area contributed by atoms with Crippen LogP contribution in [0.3, 0.4) is 0 Å². The summed E-state index contributed by atoms with van der Waals surface area (Å²) in [5, 5.41) is 16.1. The molecule has 9 nitrogen and oxygen atoms in total. The third kappa shape index (κ3) is 5.26. The zero-order valence-electron chi connectivity index (χ0n) is 21.5. The Balaban J connectivity index is 1.27. The minimum absolute atomic E-state index is 0.112. The molecule has 2 aromatic carbocycles. The second kappa shape index (κ2) is 10.7. The first kappa shape index (κ1) is 27.3. The summed E-state index contributed by atoms with van der Waals surface area (Å²) < 4.78 is 34.4. The van der Waals surface area contributed by atoms with E-state index in [9.17, 15) is 18.8 Å². The third-order valence-electron chi connectivity index (χ3n) is 7.01. The maximum Gasteiger partial charge on any atom is 0.251 e. The van der Waals surface area contributed by atoms with E-state index in [4.69, 9.17) is 15.6 Å². The van der Waals surface area contributed by atoms with Gasteiger partial charge in [-0.3, -0.25) is 19.8 Å². The first-order valence-electron chi connectivity index (χ1n) is 12.6. The predicted molar refractivity (Wildman–Crippen MR) is 148 cm³/mol. The van der Waals surface area contributed by atoms with Crippen LogP contribution in [0, 0.1) is 5.41 Å². The Kier molecular flexibility index (Phi) is 7.28. The van der Waals surface area contributed by atoms with Crippen molar-refractivity contribution in [1.82, 2.24) is 15.5 Å². The highest BCUT2D eigenvalue weighted by atomic mass is 32.1. The summed E-state index contributed by atoms with van der Waals surface area (Å²) in [4.78, 5) is 40.7. The largest absolute Gasteiger partial charge is 0.456 e. The number of amides is 3. The summed E-state index contributed by atoms with van der Waals surface area (Å²) in [5.41, 5.74) is 5.22. The lowest BCUT2D eigenvalue weighted by atomic mass is 10.0. The van der Waals surface area contributed by atoms with E-state index < -0.39 is 61.7 Å². The SMILES string of the molecule is CC(NC(=O)[C@@H]1C[C@](F)(CF)CN1C(=O)CNC(=O)c1ccc2oc3ccccc3c2c1)c1cc(C(=N)N)cs1. The Labute approximate surface area is 231 Å². The van der Waals surface area contributed by atoms with Crippen LogP contribution in [0.1, 0.15) is 40.2 Å². The molecule has 208 valence electrons. The van der Waals surface area contributed by atoms with Gasteiger partial charge in [-0.25, -0.2) is 8.78 Å². The molecule has 0 saturated carbocycles. The van der Waals surface area contributed by atoms with Crippen LogP contribution in [0.2, 0.25) is 0 Å². The zero-order valence-corrected chi connectivity index (χ0v) is 22.3. The highest BCUT2D eigenvalue weighted by Crippen LogP contribution is 2.33. The Morgan fingerprint density at radius 2 is 1.93 bits per heavy atom. The van der Waals surface area contributed by atoms with Gasteiger partial charge in [0.2, 0.25) is 11.8 Å². The van der Waals surface area contributed by atoms with Crippen LogP contribution < -0.4 is 16.4 Å². The molecule has 2 aromatic heterocycles. The summed E-state index contributed by atoms with van der Waals surface area (Å²) in [6, 6.07) is 12.2. The average molecular weight is 568 g/mol. The number of thiophene rings is 1. The van der Waals surface area contributed by atoms with Gasteiger partial charge in [0.25, 0.3) is 5.91 Å². The zero-order chi connectivity index (χ0) is 28.6. The molecule has 1 unspecified atom stereocenters. The van der Waals surface area contributed by atoms with Crippen LogP contribution in [-0.2, 0) is 9.59 Å². The van der Waals surface area contributed by atoms with Crippen LogP contribution in [0.15, 0.2) is 58.3 Å². The molecule has 0 aliphatic carbocycles. The van der Waals surface area contributed by atoms with E-state index in [1.54, 1.807) is 36.6 Å². The molecule has 3 amide bonds. The van der Waals surface area contributed by atoms with Gasteiger partial charge in [-0.15, -0.1) is 11.3 Å². The quantitative estimate of drug-likeness (QED) is 0.189. The fourth-order valence-electron chi connectivity index (χ4n) is 4.86. The molecule has 1 fully saturated rings. The fraction of sp³-hybridized carbons (Fsp3) is 0.286. The first-order chi connectivity index (χ1) is 19.1. The van der Waals surface area contributed by atoms with E-state index in [1.807, 2.05) is 24.3 Å². The second-order valence-electron chi connectivity index (χ2n) is 9.90. The van der Waals surface area contributed by atoms with E-state index in [0.29, 0.717) is 27.2 Å². The number of fused-ring (bicyclic) bond motifs is 3. The number of likely N-dealkylation sites (tertiary alicyclic amines) is 1. The number of halogens is 2. The van der Waals surface area contributed by atoms with Gasteiger partial charge in [0.05, 0.1) is 19.1 Å². The summed E-state index contributed by atoms with van der Waals surface area (Å²) in [5.74, 6) is -2.00. The molecule has 1 aliphatic rings. The monoisotopic (exact) mass is 567 g/mol. The standard InChI is InChI=1S/C28H27F2N5O4S/c1-15(23-9-17(12-40-23)25(31)32)34-27(38)20-10-28(30,13-29)14-35(20)24(36)11-33-26(37)16-6-7-22-19(8-16)18-4-2-3-5-21(18)39-22/h2-9,12,15,20H,10-11,13-14H2,1H3,(H3,31,32)(H,33,37)(H,34,38)/t15?,20-,28-/m0/s1. The molecule has 1 aliphatic heterocycles. The molecule has 5 rings (SSSR count). The van der Waals surface area contributed by atoms with Crippen molar-refractivity contribution in [2.24, 2.45) is 5.73 Å². The van der Waals surface area contributed by atoms with Crippen LogP contribution in [0.5, 0.6) is 0 Å². The summed E-state index contributed by atoms with van der Waals surface area (Å²) in [6.45, 7) is -0.760. The number of carbonyl (C=O) groups is 3. The van der Waals surface area contributed by atoms with E-state index in [0.717, 1.165) is 15.7 Å². The number of alkyl halides is 2. The lowest BCUT2D eigenvalue weighted by molar-refractivity contribution is -0.138. The number of nitrogens with zero attached hydrogens (tertiary/aromatic N) is 1. The van der Waals surface area contributed by atoms with Gasteiger partial charge in [0, 0.05) is 38.6 Å². The van der Waals surface area contributed by atoms with Crippen molar-refractivity contribution in [1.29, 1.82) is 5.41 Å². The van der Waals surface area contributed by atoms with Gasteiger partial charge >= 0.3 is 0 Å². The lowest BCUT2D eigenvalue weighted by Gasteiger charge is -2.25. The predicted octanol–water partition coefficient (Wildman–Crippen LogP) is 3.82. The van der Waals surface area contributed by atoms with E-state index in [2.05, 4.69) is 10.6 Å². The molecule has 40 heavy (non-hydrogen) atoms. The number of rotatable bonds is 8.